The number of hydrogen-bond donors (Lipinski definition) is 4. The van der Waals surface area contributed by atoms with Crippen molar-refractivity contribution in [2.75, 3.05) is 20.1 Å². The van der Waals surface area contributed by atoms with Crippen LogP contribution in [0.3, 0.4) is 0 Å². The van der Waals surface area contributed by atoms with Crippen LogP contribution in [0, 0.1) is 0 Å². The van der Waals surface area contributed by atoms with Gasteiger partial charge in [-0.05, 0) is 49.4 Å². The molecule has 10 nitrogen and oxygen atoms in total. The molecule has 10 heteroatoms. The SMILES string of the molecule is CNC(=O)C(CCCCN)N1CCC2(Cc3c([nH]c4ccccc34)CN2C(=O)C(Cc2ccccc2)NC(C)=O)C1=O. The highest BCUT2D eigenvalue weighted by Gasteiger charge is 2.57. The molecule has 0 bridgehead atoms. The maximum Gasteiger partial charge on any atom is 0.249 e. The van der Waals surface area contributed by atoms with E-state index in [2.05, 4.69) is 15.6 Å². The zero-order valence-corrected chi connectivity index (χ0v) is 24.3. The summed E-state index contributed by atoms with van der Waals surface area (Å²) in [4.78, 5) is 61.2. The van der Waals surface area contributed by atoms with E-state index in [1.807, 2.05) is 54.6 Å². The summed E-state index contributed by atoms with van der Waals surface area (Å²) in [6.45, 7) is 2.45. The lowest BCUT2D eigenvalue weighted by atomic mass is 9.81. The van der Waals surface area contributed by atoms with Crippen LogP contribution in [-0.4, -0.2) is 76.2 Å². The molecule has 3 atom stereocenters. The minimum atomic E-state index is -1.18. The lowest BCUT2D eigenvalue weighted by Gasteiger charge is -2.45. The summed E-state index contributed by atoms with van der Waals surface area (Å²) in [6.07, 6.45) is 2.97. The third kappa shape index (κ3) is 5.51. The molecule has 0 saturated carbocycles. The molecule has 1 spiro atoms. The zero-order chi connectivity index (χ0) is 29.9. The van der Waals surface area contributed by atoms with Gasteiger partial charge in [-0.15, -0.1) is 0 Å². The van der Waals surface area contributed by atoms with Crippen molar-refractivity contribution in [3.05, 3.63) is 71.4 Å². The number of para-hydroxylation sites is 1. The van der Waals surface area contributed by atoms with Crippen molar-refractivity contribution in [3.63, 3.8) is 0 Å². The van der Waals surface area contributed by atoms with Crippen LogP contribution in [0.15, 0.2) is 54.6 Å². The summed E-state index contributed by atoms with van der Waals surface area (Å²) in [5.74, 6) is -1.08. The molecule has 3 heterocycles. The van der Waals surface area contributed by atoms with Gasteiger partial charge in [-0.2, -0.15) is 0 Å². The maximum absolute atomic E-state index is 14.6. The van der Waals surface area contributed by atoms with Crippen molar-refractivity contribution in [1.29, 1.82) is 0 Å². The van der Waals surface area contributed by atoms with Gasteiger partial charge in [0.15, 0.2) is 0 Å². The van der Waals surface area contributed by atoms with Gasteiger partial charge >= 0.3 is 0 Å². The average Bonchev–Trinajstić information content (AvgIpc) is 3.51. The van der Waals surface area contributed by atoms with Crippen LogP contribution < -0.4 is 16.4 Å². The van der Waals surface area contributed by atoms with Crippen LogP contribution in [0.4, 0.5) is 0 Å². The highest BCUT2D eigenvalue weighted by atomic mass is 16.2. The van der Waals surface area contributed by atoms with E-state index in [-0.39, 0.29) is 30.2 Å². The molecule has 0 radical (unpaired) electrons. The Morgan fingerprint density at radius 1 is 1.07 bits per heavy atom. The first-order valence-corrected chi connectivity index (χ1v) is 14.7. The number of likely N-dealkylation sites (tertiary alicyclic amines) is 1. The van der Waals surface area contributed by atoms with E-state index >= 15 is 0 Å². The Hall–Kier alpha value is -4.18. The zero-order valence-electron chi connectivity index (χ0n) is 24.3. The predicted molar refractivity (Wildman–Crippen MR) is 160 cm³/mol. The quantitative estimate of drug-likeness (QED) is 0.275. The Kier molecular flexibility index (Phi) is 8.63. The second-order valence-corrected chi connectivity index (χ2v) is 11.4. The molecule has 2 aliphatic heterocycles. The van der Waals surface area contributed by atoms with E-state index in [1.54, 1.807) is 16.8 Å². The number of aromatic nitrogens is 1. The van der Waals surface area contributed by atoms with Gasteiger partial charge in [0.1, 0.15) is 17.6 Å². The molecule has 1 aromatic heterocycles. The standard InChI is InChI=1S/C32H40N6O4/c1-21(39)35-26(18-22-10-4-3-5-11-22)30(41)38-20-27-24(23-12-6-7-13-25(23)36-27)19-32(38)15-17-37(31(32)42)28(29(40)34-2)14-8-9-16-33/h3-7,10-13,26,28,36H,8-9,14-20,33H2,1-2H3,(H,34,40)(H,35,39). The van der Waals surface area contributed by atoms with E-state index in [0.29, 0.717) is 45.2 Å². The molecule has 2 aliphatic rings. The number of aromatic amines is 1. The molecule has 3 unspecified atom stereocenters. The van der Waals surface area contributed by atoms with Crippen LogP contribution in [0.5, 0.6) is 0 Å². The molecule has 1 saturated heterocycles. The van der Waals surface area contributed by atoms with Crippen molar-refractivity contribution < 1.29 is 19.2 Å². The normalized spacial score (nSPS) is 19.5. The summed E-state index contributed by atoms with van der Waals surface area (Å²) in [5, 5.41) is 6.60. The minimum Gasteiger partial charge on any atom is -0.357 e. The number of carbonyl (C=O) groups excluding carboxylic acids is 4. The number of H-pyrrole nitrogens is 1. The van der Waals surface area contributed by atoms with Gasteiger partial charge in [0.25, 0.3) is 0 Å². The van der Waals surface area contributed by atoms with Gasteiger partial charge in [0, 0.05) is 50.0 Å². The lowest BCUT2D eigenvalue weighted by Crippen LogP contribution is -2.64. The van der Waals surface area contributed by atoms with Crippen LogP contribution in [0.25, 0.3) is 10.9 Å². The second kappa shape index (κ2) is 12.4. The first-order valence-electron chi connectivity index (χ1n) is 14.7. The summed E-state index contributed by atoms with van der Waals surface area (Å²) in [5.41, 5.74) is 8.28. The topological polar surface area (TPSA) is 141 Å². The monoisotopic (exact) mass is 572 g/mol. The van der Waals surface area contributed by atoms with Gasteiger partial charge in [-0.25, -0.2) is 0 Å². The van der Waals surface area contributed by atoms with E-state index in [0.717, 1.165) is 34.1 Å². The predicted octanol–water partition coefficient (Wildman–Crippen LogP) is 2.01. The molecule has 5 N–H and O–H groups in total. The summed E-state index contributed by atoms with van der Waals surface area (Å²) < 4.78 is 0. The van der Waals surface area contributed by atoms with Gasteiger partial charge in [-0.1, -0.05) is 48.5 Å². The van der Waals surface area contributed by atoms with Crippen molar-refractivity contribution in [2.45, 2.75) is 69.6 Å². The van der Waals surface area contributed by atoms with Crippen molar-refractivity contribution in [1.82, 2.24) is 25.4 Å². The Balaban J connectivity index is 1.55. The maximum atomic E-state index is 14.6. The number of nitrogens with one attached hydrogen (secondary N) is 3. The van der Waals surface area contributed by atoms with Crippen LogP contribution >= 0.6 is 0 Å². The fraction of sp³-hybridized carbons (Fsp3) is 0.438. The molecule has 5 rings (SSSR count). The van der Waals surface area contributed by atoms with E-state index in [9.17, 15) is 19.2 Å². The minimum absolute atomic E-state index is 0.200. The molecule has 1 fully saturated rings. The van der Waals surface area contributed by atoms with Gasteiger partial charge in [0.2, 0.25) is 23.6 Å². The number of amides is 4. The Bertz CT molecular complexity index is 1470. The Morgan fingerprint density at radius 3 is 2.52 bits per heavy atom. The molecule has 4 amide bonds. The fourth-order valence-electron chi connectivity index (χ4n) is 6.63. The summed E-state index contributed by atoms with van der Waals surface area (Å²) in [7, 11) is 1.57. The molecule has 0 aliphatic carbocycles. The van der Waals surface area contributed by atoms with Crippen molar-refractivity contribution >= 4 is 34.5 Å². The number of carbonyl (C=O) groups is 4. The Labute approximate surface area is 246 Å². The number of hydrogen-bond acceptors (Lipinski definition) is 5. The molecule has 42 heavy (non-hydrogen) atoms. The molecule has 2 aromatic carbocycles. The van der Waals surface area contributed by atoms with Gasteiger partial charge in [-0.3, -0.25) is 19.2 Å². The largest absolute Gasteiger partial charge is 0.357 e. The fourth-order valence-corrected chi connectivity index (χ4v) is 6.63. The number of rotatable bonds is 10. The number of unbranched alkanes of at least 4 members (excludes halogenated alkanes) is 1. The number of likely N-dealkylation sites (N-methyl/N-ethyl adjacent to an activating group) is 1. The molecular formula is C32H40N6O4. The van der Waals surface area contributed by atoms with E-state index in [1.165, 1.54) is 6.92 Å². The third-order valence-electron chi connectivity index (χ3n) is 8.71. The second-order valence-electron chi connectivity index (χ2n) is 11.4. The van der Waals surface area contributed by atoms with Crippen molar-refractivity contribution in [2.24, 2.45) is 5.73 Å². The Morgan fingerprint density at radius 2 is 1.81 bits per heavy atom. The first kappa shape index (κ1) is 29.3. The van der Waals surface area contributed by atoms with Crippen molar-refractivity contribution in [3.8, 4) is 0 Å². The lowest BCUT2D eigenvalue weighted by molar-refractivity contribution is -0.154. The number of benzene rings is 2. The van der Waals surface area contributed by atoms with Crippen LogP contribution in [-0.2, 0) is 38.6 Å². The van der Waals surface area contributed by atoms with Gasteiger partial charge < -0.3 is 31.2 Å². The molecular weight excluding hydrogens is 532 g/mol. The highest BCUT2D eigenvalue weighted by Crippen LogP contribution is 2.42. The van der Waals surface area contributed by atoms with Crippen LogP contribution in [0.1, 0.15) is 49.4 Å². The smallest absolute Gasteiger partial charge is 0.249 e. The number of nitrogens with zero attached hydrogens (tertiary/aromatic N) is 2. The van der Waals surface area contributed by atoms with Gasteiger partial charge in [0.05, 0.1) is 6.54 Å². The average molecular weight is 573 g/mol. The summed E-state index contributed by atoms with van der Waals surface area (Å²) >= 11 is 0. The first-order chi connectivity index (χ1) is 20.3. The third-order valence-corrected chi connectivity index (χ3v) is 8.71. The summed E-state index contributed by atoms with van der Waals surface area (Å²) in [6, 6.07) is 16.0. The van der Waals surface area contributed by atoms with E-state index in [4.69, 9.17) is 5.73 Å². The van der Waals surface area contributed by atoms with Crippen LogP contribution in [0.2, 0.25) is 0 Å². The molecule has 222 valence electrons. The van der Waals surface area contributed by atoms with E-state index < -0.39 is 17.6 Å². The molecule has 3 aromatic rings. The number of fused-ring (bicyclic) bond motifs is 3. The highest BCUT2D eigenvalue weighted by molar-refractivity contribution is 6.00. The number of nitrogens with two attached hydrogens (primary N) is 1.